The van der Waals surface area contributed by atoms with E-state index in [2.05, 4.69) is 51.8 Å². The third-order valence-corrected chi connectivity index (χ3v) is 6.22. The monoisotopic (exact) mass is 427 g/mol. The van der Waals surface area contributed by atoms with Crippen molar-refractivity contribution < 1.29 is 4.79 Å². The van der Waals surface area contributed by atoms with E-state index in [0.29, 0.717) is 6.04 Å². The second-order valence-corrected chi connectivity index (χ2v) is 8.67. The number of pyridine rings is 1. The van der Waals surface area contributed by atoms with Crippen molar-refractivity contribution in [3.63, 3.8) is 0 Å². The lowest BCUT2D eigenvalue weighted by Crippen LogP contribution is -2.48. The van der Waals surface area contributed by atoms with Crippen molar-refractivity contribution in [1.82, 2.24) is 24.5 Å². The smallest absolute Gasteiger partial charge is 0.255 e. The van der Waals surface area contributed by atoms with Crippen LogP contribution in [0.2, 0.25) is 0 Å². The number of aryl methyl sites for hydroxylation is 2. The van der Waals surface area contributed by atoms with Gasteiger partial charge in [0.15, 0.2) is 0 Å². The van der Waals surface area contributed by atoms with Crippen LogP contribution in [0.4, 0.5) is 0 Å². The van der Waals surface area contributed by atoms with E-state index in [1.807, 2.05) is 43.6 Å². The van der Waals surface area contributed by atoms with Gasteiger partial charge in [0.1, 0.15) is 5.65 Å². The summed E-state index contributed by atoms with van der Waals surface area (Å²) in [6, 6.07) is 2.58. The van der Waals surface area contributed by atoms with Gasteiger partial charge in [-0.25, -0.2) is 4.98 Å². The molecule has 0 aromatic carbocycles. The number of piperazine rings is 1. The minimum absolute atomic E-state index is 0.0411. The van der Waals surface area contributed by atoms with E-state index in [1.165, 1.54) is 5.56 Å². The van der Waals surface area contributed by atoms with Crippen molar-refractivity contribution in [2.24, 2.45) is 0 Å². The molecule has 0 radical (unpaired) electrons. The second kappa shape index (κ2) is 8.28. The molecule has 6 nitrogen and oxygen atoms in total. The van der Waals surface area contributed by atoms with Crippen molar-refractivity contribution in [3.8, 4) is 0 Å². The summed E-state index contributed by atoms with van der Waals surface area (Å²) in [4.78, 5) is 22.1. The predicted molar refractivity (Wildman–Crippen MR) is 128 cm³/mol. The highest BCUT2D eigenvalue weighted by molar-refractivity contribution is 6.00. The first-order valence-electron chi connectivity index (χ1n) is 11.3. The molecule has 0 unspecified atom stereocenters. The zero-order valence-corrected chi connectivity index (χ0v) is 18.9. The van der Waals surface area contributed by atoms with Crippen LogP contribution < -0.4 is 5.32 Å². The quantitative estimate of drug-likeness (QED) is 0.814. The molecule has 1 amide bonds. The molecule has 3 aliphatic heterocycles. The zero-order valence-electron chi connectivity index (χ0n) is 18.9. The molecular weight excluding hydrogens is 398 g/mol. The maximum atomic E-state index is 13.3. The average Bonchev–Trinajstić information content (AvgIpc) is 3.16. The standard InChI is InChI=1S/C26H29N5O/c1-4-20-12-22(16-30-15-19(3)28-26(20)30)21-6-5-7-23-8-9-24(17-31(23)25(32)13-21)29-11-10-27-18(2)14-29/h5-9,12-13,15-18,27H,4,10-11,14H2,1-3H3/b6-5+,21-13+,23-7+/t18-/m0/s1. The maximum absolute atomic E-state index is 13.3. The number of nitrogens with one attached hydrogen (secondary N) is 1. The highest BCUT2D eigenvalue weighted by atomic mass is 16.2. The van der Waals surface area contributed by atoms with Gasteiger partial charge in [0.2, 0.25) is 0 Å². The molecule has 2 aromatic rings. The molecule has 0 aliphatic carbocycles. The number of carbonyl (C=O) groups excluding carboxylic acids is 1. The number of aromatic nitrogens is 2. The molecule has 0 spiro atoms. The van der Waals surface area contributed by atoms with Crippen molar-refractivity contribution in [2.45, 2.75) is 33.2 Å². The van der Waals surface area contributed by atoms with Crippen LogP contribution in [0.3, 0.4) is 0 Å². The first kappa shape index (κ1) is 20.5. The van der Waals surface area contributed by atoms with Gasteiger partial charge in [0, 0.05) is 56.0 Å². The molecule has 0 bridgehead atoms. The van der Waals surface area contributed by atoms with E-state index in [9.17, 15) is 4.79 Å². The highest BCUT2D eigenvalue weighted by Crippen LogP contribution is 2.27. The minimum atomic E-state index is -0.0411. The fraction of sp³-hybridized carbons (Fsp3) is 0.308. The van der Waals surface area contributed by atoms with Gasteiger partial charge in [-0.2, -0.15) is 0 Å². The first-order valence-corrected chi connectivity index (χ1v) is 11.3. The molecule has 164 valence electrons. The Labute approximate surface area is 188 Å². The molecule has 6 heteroatoms. The van der Waals surface area contributed by atoms with Gasteiger partial charge in [0.05, 0.1) is 11.4 Å². The summed E-state index contributed by atoms with van der Waals surface area (Å²) in [6.07, 6.45) is 18.8. The van der Waals surface area contributed by atoms with Gasteiger partial charge in [-0.05, 0) is 61.3 Å². The highest BCUT2D eigenvalue weighted by Gasteiger charge is 2.23. The van der Waals surface area contributed by atoms with Gasteiger partial charge < -0.3 is 14.6 Å². The number of carbonyl (C=O) groups is 1. The Kier molecular flexibility index (Phi) is 5.31. The topological polar surface area (TPSA) is 52.9 Å². The van der Waals surface area contributed by atoms with Gasteiger partial charge in [-0.3, -0.25) is 9.69 Å². The fourth-order valence-corrected chi connectivity index (χ4v) is 4.57. The number of hydrogen-bond acceptors (Lipinski definition) is 4. The summed E-state index contributed by atoms with van der Waals surface area (Å²) in [5.74, 6) is -0.0411. The minimum Gasteiger partial charge on any atom is -0.368 e. The molecule has 0 saturated carbocycles. The molecule has 5 rings (SSSR count). The number of hydrogen-bond donors (Lipinski definition) is 1. The maximum Gasteiger partial charge on any atom is 0.255 e. The van der Waals surface area contributed by atoms with Crippen LogP contribution in [-0.4, -0.2) is 50.8 Å². The Morgan fingerprint density at radius 3 is 2.84 bits per heavy atom. The first-order chi connectivity index (χ1) is 15.5. The van der Waals surface area contributed by atoms with Gasteiger partial charge in [0.25, 0.3) is 5.91 Å². The molecule has 1 atom stereocenters. The molecular formula is C26H29N5O. The van der Waals surface area contributed by atoms with Crippen molar-refractivity contribution in [2.75, 3.05) is 19.6 Å². The summed E-state index contributed by atoms with van der Waals surface area (Å²) in [5.41, 5.74) is 7.01. The van der Waals surface area contributed by atoms with Crippen LogP contribution in [0.5, 0.6) is 0 Å². The lowest BCUT2D eigenvalue weighted by molar-refractivity contribution is -0.122. The van der Waals surface area contributed by atoms with Crippen molar-refractivity contribution in [1.29, 1.82) is 0 Å². The zero-order chi connectivity index (χ0) is 22.2. The van der Waals surface area contributed by atoms with E-state index in [4.69, 9.17) is 0 Å². The number of fused-ring (bicyclic) bond motifs is 2. The Balaban J connectivity index is 1.50. The van der Waals surface area contributed by atoms with Crippen molar-refractivity contribution in [3.05, 3.63) is 89.3 Å². The Morgan fingerprint density at radius 1 is 1.19 bits per heavy atom. The van der Waals surface area contributed by atoms with E-state index in [1.54, 1.807) is 11.0 Å². The van der Waals surface area contributed by atoms with E-state index in [-0.39, 0.29) is 5.91 Å². The van der Waals surface area contributed by atoms with Crippen LogP contribution in [-0.2, 0) is 11.2 Å². The molecule has 2 aromatic heterocycles. The van der Waals surface area contributed by atoms with Gasteiger partial charge in [-0.15, -0.1) is 0 Å². The molecule has 1 fully saturated rings. The predicted octanol–water partition coefficient (Wildman–Crippen LogP) is 3.58. The summed E-state index contributed by atoms with van der Waals surface area (Å²) < 4.78 is 2.07. The SMILES string of the molecule is CCc1cc(C2=C\C(=O)N3C=C(N4CCN[C@@H](C)C4)C=C\C3=C/C=C/2)cn2cc(C)nc12. The van der Waals surface area contributed by atoms with E-state index < -0.39 is 0 Å². The van der Waals surface area contributed by atoms with Crippen LogP contribution in [0.25, 0.3) is 11.2 Å². The van der Waals surface area contributed by atoms with Crippen molar-refractivity contribution >= 4 is 17.1 Å². The second-order valence-electron chi connectivity index (χ2n) is 8.67. The largest absolute Gasteiger partial charge is 0.368 e. The van der Waals surface area contributed by atoms with Gasteiger partial charge >= 0.3 is 0 Å². The van der Waals surface area contributed by atoms with Crippen LogP contribution in [0, 0.1) is 6.92 Å². The lowest BCUT2D eigenvalue weighted by Gasteiger charge is -2.36. The Morgan fingerprint density at radius 2 is 2.03 bits per heavy atom. The summed E-state index contributed by atoms with van der Waals surface area (Å²) in [6.45, 7) is 9.15. The third kappa shape index (κ3) is 3.82. The Bertz CT molecular complexity index is 1230. The van der Waals surface area contributed by atoms with Gasteiger partial charge in [-0.1, -0.05) is 19.1 Å². The molecule has 3 aliphatic rings. The summed E-state index contributed by atoms with van der Waals surface area (Å²) >= 11 is 0. The summed E-state index contributed by atoms with van der Waals surface area (Å²) in [7, 11) is 0. The number of amides is 1. The lowest BCUT2D eigenvalue weighted by atomic mass is 10.0. The van der Waals surface area contributed by atoms with Crippen LogP contribution in [0.1, 0.15) is 30.7 Å². The summed E-state index contributed by atoms with van der Waals surface area (Å²) in [5, 5.41) is 3.47. The fourth-order valence-electron chi connectivity index (χ4n) is 4.57. The molecule has 5 heterocycles. The number of allylic oxidation sites excluding steroid dienone is 6. The third-order valence-electron chi connectivity index (χ3n) is 6.22. The Hall–Kier alpha value is -3.38. The van der Waals surface area contributed by atoms with Crippen LogP contribution in [0.15, 0.2) is 72.5 Å². The normalized spacial score (nSPS) is 25.4. The molecule has 1 saturated heterocycles. The van der Waals surface area contributed by atoms with E-state index in [0.717, 1.165) is 59.9 Å². The average molecular weight is 428 g/mol. The number of imidazole rings is 1. The van der Waals surface area contributed by atoms with Crippen LogP contribution >= 0.6 is 0 Å². The molecule has 1 N–H and O–H groups in total. The number of rotatable bonds is 3. The number of nitrogens with zero attached hydrogens (tertiary/aromatic N) is 4. The van der Waals surface area contributed by atoms with E-state index >= 15 is 0 Å². The molecule has 32 heavy (non-hydrogen) atoms.